The molecule has 0 spiro atoms. The minimum absolute atomic E-state index is 0.0171. The third kappa shape index (κ3) is 3.54. The second-order valence-corrected chi connectivity index (χ2v) is 7.27. The van der Waals surface area contributed by atoms with Gasteiger partial charge in [-0.1, -0.05) is 60.7 Å². The average Bonchev–Trinajstić information content (AvgIpc) is 2.77. The van der Waals surface area contributed by atoms with E-state index < -0.39 is 0 Å². The number of nitrogens with zero attached hydrogens (tertiary/aromatic N) is 3. The van der Waals surface area contributed by atoms with E-state index in [4.69, 9.17) is 4.98 Å². The molecule has 0 aliphatic carbocycles. The molecular formula is C25H25N3O. The Balaban J connectivity index is 2.00. The second kappa shape index (κ2) is 7.92. The first-order valence-corrected chi connectivity index (χ1v) is 9.94. The summed E-state index contributed by atoms with van der Waals surface area (Å²) < 4.78 is 1.82. The van der Waals surface area contributed by atoms with Crippen LogP contribution in [0.15, 0.2) is 83.7 Å². The maximum Gasteiger partial charge on any atom is 0.262 e. The molecule has 4 heteroatoms. The van der Waals surface area contributed by atoms with Gasteiger partial charge in [0.1, 0.15) is 5.82 Å². The molecule has 0 atom stereocenters. The van der Waals surface area contributed by atoms with Crippen LogP contribution < -0.4 is 10.5 Å². The van der Waals surface area contributed by atoms with Crippen LogP contribution in [0.5, 0.6) is 0 Å². The van der Waals surface area contributed by atoms with Gasteiger partial charge in [-0.3, -0.25) is 9.36 Å². The quantitative estimate of drug-likeness (QED) is 0.497. The maximum absolute atomic E-state index is 13.7. The summed E-state index contributed by atoms with van der Waals surface area (Å²) in [4.78, 5) is 20.6. The fraction of sp³-hybridized carbons (Fsp3) is 0.200. The SMILES string of the molecule is CCN(C)c1ccc2nc(C)n(C(c3ccccc3)c3ccccc3)c(=O)c2c1. The van der Waals surface area contributed by atoms with Crippen molar-refractivity contribution in [3.63, 3.8) is 0 Å². The first-order valence-electron chi connectivity index (χ1n) is 9.94. The molecule has 146 valence electrons. The second-order valence-electron chi connectivity index (χ2n) is 7.27. The van der Waals surface area contributed by atoms with E-state index in [0.29, 0.717) is 11.2 Å². The Morgan fingerprint density at radius 2 is 1.52 bits per heavy atom. The molecule has 3 aromatic carbocycles. The Kier molecular flexibility index (Phi) is 5.17. The molecule has 4 aromatic rings. The number of rotatable bonds is 5. The van der Waals surface area contributed by atoms with E-state index in [0.717, 1.165) is 28.9 Å². The molecule has 0 fully saturated rings. The Bertz CT molecular complexity index is 1140. The van der Waals surface area contributed by atoms with Gasteiger partial charge in [-0.25, -0.2) is 4.98 Å². The van der Waals surface area contributed by atoms with Crippen molar-refractivity contribution < 1.29 is 0 Å². The molecule has 0 unspecified atom stereocenters. The molecule has 0 aliphatic rings. The van der Waals surface area contributed by atoms with Crippen LogP contribution >= 0.6 is 0 Å². The number of aryl methyl sites for hydroxylation is 1. The van der Waals surface area contributed by atoms with E-state index in [1.807, 2.05) is 73.1 Å². The van der Waals surface area contributed by atoms with Crippen molar-refractivity contribution in [1.29, 1.82) is 0 Å². The van der Waals surface area contributed by atoms with Gasteiger partial charge in [0, 0.05) is 19.3 Å². The first kappa shape index (κ1) is 18.9. The highest BCUT2D eigenvalue weighted by Gasteiger charge is 2.21. The van der Waals surface area contributed by atoms with Gasteiger partial charge in [-0.15, -0.1) is 0 Å². The van der Waals surface area contributed by atoms with E-state index in [-0.39, 0.29) is 11.6 Å². The Labute approximate surface area is 171 Å². The van der Waals surface area contributed by atoms with Crippen molar-refractivity contribution in [2.45, 2.75) is 19.9 Å². The van der Waals surface area contributed by atoms with Crippen LogP contribution in [0.2, 0.25) is 0 Å². The zero-order valence-corrected chi connectivity index (χ0v) is 17.0. The monoisotopic (exact) mass is 383 g/mol. The number of fused-ring (bicyclic) bond motifs is 1. The lowest BCUT2D eigenvalue weighted by molar-refractivity contribution is 0.620. The number of anilines is 1. The van der Waals surface area contributed by atoms with E-state index in [1.165, 1.54) is 0 Å². The fourth-order valence-corrected chi connectivity index (χ4v) is 3.78. The normalized spacial score (nSPS) is 11.2. The molecule has 0 saturated heterocycles. The van der Waals surface area contributed by atoms with Gasteiger partial charge in [0.2, 0.25) is 0 Å². The third-order valence-corrected chi connectivity index (χ3v) is 5.46. The Morgan fingerprint density at radius 1 is 0.931 bits per heavy atom. The van der Waals surface area contributed by atoms with Crippen molar-refractivity contribution in [3.8, 4) is 0 Å². The van der Waals surface area contributed by atoms with Crippen molar-refractivity contribution in [2.75, 3.05) is 18.5 Å². The number of hydrogen-bond donors (Lipinski definition) is 0. The fourth-order valence-electron chi connectivity index (χ4n) is 3.78. The molecule has 0 aliphatic heterocycles. The van der Waals surface area contributed by atoms with Gasteiger partial charge in [-0.2, -0.15) is 0 Å². The molecule has 0 radical (unpaired) electrons. The summed E-state index contributed by atoms with van der Waals surface area (Å²) in [5.74, 6) is 0.705. The summed E-state index contributed by atoms with van der Waals surface area (Å²) in [5.41, 5.74) is 3.86. The molecule has 4 nitrogen and oxygen atoms in total. The summed E-state index contributed by atoms with van der Waals surface area (Å²) in [7, 11) is 2.03. The number of aromatic nitrogens is 2. The topological polar surface area (TPSA) is 38.1 Å². The first-order chi connectivity index (χ1) is 14.1. The van der Waals surface area contributed by atoms with E-state index >= 15 is 0 Å². The van der Waals surface area contributed by atoms with Crippen molar-refractivity contribution >= 4 is 16.6 Å². The predicted molar refractivity (Wildman–Crippen MR) is 120 cm³/mol. The van der Waals surface area contributed by atoms with Gasteiger partial charge in [0.05, 0.1) is 16.9 Å². The van der Waals surface area contributed by atoms with E-state index in [9.17, 15) is 4.79 Å². The molecule has 4 rings (SSSR count). The van der Waals surface area contributed by atoms with E-state index in [2.05, 4.69) is 36.1 Å². The highest BCUT2D eigenvalue weighted by Crippen LogP contribution is 2.27. The molecule has 1 aromatic heterocycles. The van der Waals surface area contributed by atoms with Gasteiger partial charge in [-0.05, 0) is 43.2 Å². The number of hydrogen-bond acceptors (Lipinski definition) is 3. The van der Waals surface area contributed by atoms with Crippen LogP contribution in [0.4, 0.5) is 5.69 Å². The van der Waals surface area contributed by atoms with Gasteiger partial charge in [0.25, 0.3) is 5.56 Å². The summed E-state index contributed by atoms with van der Waals surface area (Å²) >= 11 is 0. The van der Waals surface area contributed by atoms with Crippen LogP contribution in [-0.2, 0) is 0 Å². The maximum atomic E-state index is 13.7. The lowest BCUT2D eigenvalue weighted by Gasteiger charge is -2.24. The van der Waals surface area contributed by atoms with Crippen molar-refractivity contribution in [3.05, 3.63) is 106 Å². The number of benzene rings is 3. The summed E-state index contributed by atoms with van der Waals surface area (Å²) in [6.45, 7) is 4.87. The largest absolute Gasteiger partial charge is 0.375 e. The third-order valence-electron chi connectivity index (χ3n) is 5.46. The summed E-state index contributed by atoms with van der Waals surface area (Å²) in [5, 5.41) is 0.644. The highest BCUT2D eigenvalue weighted by molar-refractivity contribution is 5.82. The standard InChI is InChI=1S/C25H25N3O/c1-4-27(3)21-15-16-23-22(17-21)25(29)28(18(2)26-23)24(19-11-7-5-8-12-19)20-13-9-6-10-14-20/h5-17,24H,4H2,1-3H3. The minimum atomic E-state index is -0.227. The van der Waals surface area contributed by atoms with Gasteiger partial charge < -0.3 is 4.90 Å². The molecule has 29 heavy (non-hydrogen) atoms. The molecule has 0 bridgehead atoms. The zero-order chi connectivity index (χ0) is 20.4. The minimum Gasteiger partial charge on any atom is -0.375 e. The van der Waals surface area contributed by atoms with Gasteiger partial charge in [0.15, 0.2) is 0 Å². The van der Waals surface area contributed by atoms with Crippen LogP contribution in [0.1, 0.15) is 29.9 Å². The Morgan fingerprint density at radius 3 is 2.07 bits per heavy atom. The van der Waals surface area contributed by atoms with Crippen LogP contribution in [0.25, 0.3) is 10.9 Å². The predicted octanol–water partition coefficient (Wildman–Crippen LogP) is 4.80. The molecule has 1 heterocycles. The molecule has 0 amide bonds. The van der Waals surface area contributed by atoms with Crippen molar-refractivity contribution in [2.24, 2.45) is 0 Å². The van der Waals surface area contributed by atoms with Crippen LogP contribution in [0.3, 0.4) is 0 Å². The highest BCUT2D eigenvalue weighted by atomic mass is 16.1. The Hall–Kier alpha value is -3.40. The zero-order valence-electron chi connectivity index (χ0n) is 17.0. The summed E-state index contributed by atoms with van der Waals surface area (Å²) in [6, 6.07) is 26.0. The van der Waals surface area contributed by atoms with Crippen LogP contribution in [0, 0.1) is 6.92 Å². The molecule has 0 saturated carbocycles. The lowest BCUT2D eigenvalue weighted by atomic mass is 9.98. The van der Waals surface area contributed by atoms with Crippen LogP contribution in [-0.4, -0.2) is 23.1 Å². The molecular weight excluding hydrogens is 358 g/mol. The van der Waals surface area contributed by atoms with E-state index in [1.54, 1.807) is 0 Å². The molecule has 0 N–H and O–H groups in total. The smallest absolute Gasteiger partial charge is 0.262 e. The lowest BCUT2D eigenvalue weighted by Crippen LogP contribution is -2.29. The average molecular weight is 383 g/mol. The summed E-state index contributed by atoms with van der Waals surface area (Å²) in [6.07, 6.45) is 0. The van der Waals surface area contributed by atoms with Crippen molar-refractivity contribution in [1.82, 2.24) is 9.55 Å². The van der Waals surface area contributed by atoms with Gasteiger partial charge >= 0.3 is 0 Å².